The second-order valence-corrected chi connectivity index (χ2v) is 9.02. The molecule has 5 heteroatoms. The van der Waals surface area contributed by atoms with Gasteiger partial charge in [0.05, 0.1) is 5.69 Å². The van der Waals surface area contributed by atoms with Crippen LogP contribution in [0.2, 0.25) is 0 Å². The topological polar surface area (TPSA) is 46.3 Å². The third kappa shape index (κ3) is 4.05. The van der Waals surface area contributed by atoms with E-state index in [4.69, 9.17) is 0 Å². The molecule has 0 radical (unpaired) electrons. The molecule has 0 N–H and O–H groups in total. The molecule has 4 aromatic rings. The number of aromatic nitrogens is 4. The first-order valence-corrected chi connectivity index (χ1v) is 11.7. The molecule has 0 amide bonds. The number of likely N-dealkylation sites (tertiary alicyclic amines) is 1. The van der Waals surface area contributed by atoms with Crippen LogP contribution in [0.5, 0.6) is 0 Å². The first kappa shape index (κ1) is 20.8. The van der Waals surface area contributed by atoms with Crippen molar-refractivity contribution in [3.8, 4) is 11.1 Å². The van der Waals surface area contributed by atoms with Crippen molar-refractivity contribution in [2.45, 2.75) is 52.5 Å². The van der Waals surface area contributed by atoms with E-state index >= 15 is 0 Å². The van der Waals surface area contributed by atoms with Crippen molar-refractivity contribution in [2.75, 3.05) is 13.1 Å². The summed E-state index contributed by atoms with van der Waals surface area (Å²) >= 11 is 0. The van der Waals surface area contributed by atoms with Gasteiger partial charge < -0.3 is 0 Å². The lowest BCUT2D eigenvalue weighted by molar-refractivity contribution is 0.197. The molecule has 0 aliphatic carbocycles. The van der Waals surface area contributed by atoms with Gasteiger partial charge in [0, 0.05) is 24.7 Å². The minimum atomic E-state index is 0.450. The summed E-state index contributed by atoms with van der Waals surface area (Å²) in [5.41, 5.74) is 9.11. The maximum absolute atomic E-state index is 4.51. The van der Waals surface area contributed by atoms with Gasteiger partial charge in [0.2, 0.25) is 0 Å². The van der Waals surface area contributed by atoms with Gasteiger partial charge in [-0.2, -0.15) is 10.1 Å². The van der Waals surface area contributed by atoms with E-state index in [1.165, 1.54) is 46.4 Å². The Morgan fingerprint density at radius 2 is 1.91 bits per heavy atom. The molecule has 164 valence electrons. The van der Waals surface area contributed by atoms with E-state index in [1.807, 2.05) is 11.4 Å². The van der Waals surface area contributed by atoms with Crippen molar-refractivity contribution >= 4 is 5.78 Å². The predicted octanol–water partition coefficient (Wildman–Crippen LogP) is 5.35. The van der Waals surface area contributed by atoms with Crippen LogP contribution in [0.25, 0.3) is 16.9 Å². The molecular weight excluding hydrogens is 394 g/mol. The van der Waals surface area contributed by atoms with Gasteiger partial charge in [-0.25, -0.2) is 9.50 Å². The highest BCUT2D eigenvalue weighted by Crippen LogP contribution is 2.30. The first-order chi connectivity index (χ1) is 15.6. The van der Waals surface area contributed by atoms with E-state index in [9.17, 15) is 0 Å². The zero-order valence-electron chi connectivity index (χ0n) is 19.3. The van der Waals surface area contributed by atoms with E-state index in [-0.39, 0.29) is 0 Å². The highest BCUT2D eigenvalue weighted by molar-refractivity contribution is 5.68. The van der Waals surface area contributed by atoms with Gasteiger partial charge >= 0.3 is 0 Å². The van der Waals surface area contributed by atoms with Crippen LogP contribution in [0, 0.1) is 13.8 Å². The summed E-state index contributed by atoms with van der Waals surface area (Å²) in [4.78, 5) is 11.4. The Kier molecular flexibility index (Phi) is 5.75. The van der Waals surface area contributed by atoms with Crippen molar-refractivity contribution in [1.29, 1.82) is 0 Å². The van der Waals surface area contributed by atoms with E-state index in [2.05, 4.69) is 82.3 Å². The van der Waals surface area contributed by atoms with Gasteiger partial charge in [0.25, 0.3) is 5.78 Å². The molecule has 2 aromatic heterocycles. The number of benzene rings is 2. The molecule has 1 aliphatic rings. The third-order valence-electron chi connectivity index (χ3n) is 6.78. The predicted molar refractivity (Wildman–Crippen MR) is 129 cm³/mol. The molecule has 1 aliphatic heterocycles. The molecule has 0 bridgehead atoms. The zero-order valence-corrected chi connectivity index (χ0v) is 19.3. The monoisotopic (exact) mass is 425 g/mol. The molecule has 1 fully saturated rings. The van der Waals surface area contributed by atoms with Crippen molar-refractivity contribution in [1.82, 2.24) is 24.5 Å². The average Bonchev–Trinajstić information content (AvgIpc) is 3.28. The van der Waals surface area contributed by atoms with Crippen molar-refractivity contribution in [3.63, 3.8) is 0 Å². The van der Waals surface area contributed by atoms with E-state index < -0.39 is 0 Å². The van der Waals surface area contributed by atoms with Crippen LogP contribution < -0.4 is 0 Å². The number of aryl methyl sites for hydroxylation is 3. The van der Waals surface area contributed by atoms with Crippen LogP contribution in [0.1, 0.15) is 53.8 Å². The van der Waals surface area contributed by atoms with Crippen LogP contribution in [0.3, 0.4) is 0 Å². The lowest BCUT2D eigenvalue weighted by Crippen LogP contribution is -2.34. The summed E-state index contributed by atoms with van der Waals surface area (Å²) in [6.45, 7) is 9.69. The number of rotatable bonds is 5. The van der Waals surface area contributed by atoms with E-state index in [0.29, 0.717) is 11.7 Å². The van der Waals surface area contributed by atoms with Gasteiger partial charge in [-0.15, -0.1) is 0 Å². The fourth-order valence-electron chi connectivity index (χ4n) is 5.08. The largest absolute Gasteiger partial charge is 0.298 e. The molecule has 32 heavy (non-hydrogen) atoms. The fraction of sp³-hybridized carbons (Fsp3) is 0.370. The molecule has 5 nitrogen and oxygen atoms in total. The Morgan fingerprint density at radius 3 is 2.75 bits per heavy atom. The van der Waals surface area contributed by atoms with Crippen molar-refractivity contribution < 1.29 is 0 Å². The normalized spacial score (nSPS) is 17.2. The summed E-state index contributed by atoms with van der Waals surface area (Å²) in [7, 11) is 0. The standard InChI is InChI=1S/C27H31N5/c1-4-21-8-5-6-10-25(21)22-11-12-23(19(2)14-22)16-31-13-7-9-24(17-31)26-15-20(3)30-27-28-18-29-32(26)27/h5-6,8,10-12,14-15,18,24H,4,7,9,13,16-17H2,1-3H3. The average molecular weight is 426 g/mol. The smallest absolute Gasteiger partial charge is 0.252 e. The first-order valence-electron chi connectivity index (χ1n) is 11.7. The van der Waals surface area contributed by atoms with E-state index in [0.717, 1.165) is 31.7 Å². The Bertz CT molecular complexity index is 1240. The van der Waals surface area contributed by atoms with Gasteiger partial charge in [0.15, 0.2) is 0 Å². The quantitative estimate of drug-likeness (QED) is 0.432. The molecule has 1 unspecified atom stereocenters. The molecular formula is C27H31N5. The molecule has 5 rings (SSSR count). The molecule has 0 saturated carbocycles. The van der Waals surface area contributed by atoms with Crippen LogP contribution in [-0.2, 0) is 13.0 Å². The Morgan fingerprint density at radius 1 is 1.03 bits per heavy atom. The second kappa shape index (κ2) is 8.83. The van der Waals surface area contributed by atoms with Crippen LogP contribution >= 0.6 is 0 Å². The number of piperidine rings is 1. The number of fused-ring (bicyclic) bond motifs is 1. The summed E-state index contributed by atoms with van der Waals surface area (Å²) in [5, 5.41) is 4.44. The number of hydrogen-bond acceptors (Lipinski definition) is 4. The summed E-state index contributed by atoms with van der Waals surface area (Å²) in [6.07, 6.45) is 5.04. The summed E-state index contributed by atoms with van der Waals surface area (Å²) in [5.74, 6) is 1.15. The molecule has 1 saturated heterocycles. The van der Waals surface area contributed by atoms with Crippen LogP contribution in [0.4, 0.5) is 0 Å². The second-order valence-electron chi connectivity index (χ2n) is 9.02. The SMILES string of the molecule is CCc1ccccc1-c1ccc(CN2CCCC(c3cc(C)nc4ncnn34)C2)c(C)c1. The fourth-order valence-corrected chi connectivity index (χ4v) is 5.08. The molecule has 3 heterocycles. The molecule has 0 spiro atoms. The lowest BCUT2D eigenvalue weighted by Gasteiger charge is -2.33. The maximum atomic E-state index is 4.51. The Balaban J connectivity index is 1.36. The lowest BCUT2D eigenvalue weighted by atomic mass is 9.92. The van der Waals surface area contributed by atoms with Gasteiger partial charge in [-0.05, 0) is 73.5 Å². The minimum Gasteiger partial charge on any atom is -0.298 e. The van der Waals surface area contributed by atoms with Crippen molar-refractivity contribution in [2.24, 2.45) is 0 Å². The van der Waals surface area contributed by atoms with Crippen LogP contribution in [-0.4, -0.2) is 37.6 Å². The van der Waals surface area contributed by atoms with Gasteiger partial charge in [-0.3, -0.25) is 4.90 Å². The van der Waals surface area contributed by atoms with Gasteiger partial charge in [0.1, 0.15) is 6.33 Å². The molecule has 2 aromatic carbocycles. The third-order valence-corrected chi connectivity index (χ3v) is 6.78. The number of hydrogen-bond donors (Lipinski definition) is 0. The zero-order chi connectivity index (χ0) is 22.1. The van der Waals surface area contributed by atoms with Crippen molar-refractivity contribution in [3.05, 3.63) is 82.9 Å². The molecule has 1 atom stereocenters. The summed E-state index contributed by atoms with van der Waals surface area (Å²) in [6, 6.07) is 17.9. The highest BCUT2D eigenvalue weighted by atomic mass is 15.3. The Labute approximate surface area is 190 Å². The highest BCUT2D eigenvalue weighted by Gasteiger charge is 2.25. The Hall–Kier alpha value is -3.05. The number of nitrogens with zero attached hydrogens (tertiary/aromatic N) is 5. The maximum Gasteiger partial charge on any atom is 0.252 e. The van der Waals surface area contributed by atoms with E-state index in [1.54, 1.807) is 6.33 Å². The minimum absolute atomic E-state index is 0.450. The van der Waals surface area contributed by atoms with Crippen LogP contribution in [0.15, 0.2) is 54.9 Å². The summed E-state index contributed by atoms with van der Waals surface area (Å²) < 4.78 is 1.92. The van der Waals surface area contributed by atoms with Gasteiger partial charge in [-0.1, -0.05) is 49.4 Å².